The van der Waals surface area contributed by atoms with Crippen LogP contribution in [0.2, 0.25) is 0 Å². The average Bonchev–Trinajstić information content (AvgIpc) is 3.05. The summed E-state index contributed by atoms with van der Waals surface area (Å²) in [7, 11) is -1.31. The molecule has 4 aromatic rings. The van der Waals surface area contributed by atoms with Gasteiger partial charge in [-0.25, -0.2) is 8.42 Å². The molecule has 0 aliphatic carbocycles. The summed E-state index contributed by atoms with van der Waals surface area (Å²) in [6.07, 6.45) is 0.235. The van der Waals surface area contributed by atoms with Gasteiger partial charge in [0, 0.05) is 25.1 Å². The number of benzene rings is 4. The zero-order valence-electron chi connectivity index (χ0n) is 26.8. The van der Waals surface area contributed by atoms with Gasteiger partial charge in [-0.05, 0) is 56.2 Å². The molecule has 0 fully saturated rings. The summed E-state index contributed by atoms with van der Waals surface area (Å²) in [4.78, 5) is 29.8. The lowest BCUT2D eigenvalue weighted by atomic mass is 10.0. The molecule has 0 aliphatic heterocycles. The zero-order chi connectivity index (χ0) is 33.3. The van der Waals surface area contributed by atoms with E-state index in [1.165, 1.54) is 37.3 Å². The lowest BCUT2D eigenvalue weighted by molar-refractivity contribution is -0.140. The average molecular weight is 644 g/mol. The number of carbonyl (C=O) groups is 2. The van der Waals surface area contributed by atoms with Crippen LogP contribution in [0.25, 0.3) is 0 Å². The molecule has 0 aromatic heterocycles. The Balaban J connectivity index is 1.83. The SMILES string of the molecule is COc1ccc(N(CC(=O)N(Cc2ccccc2)[C@H](Cc2ccccc2)C(=O)NC(C)C)S(=O)(=O)c2ccc(C)cc2)cc1OC. The van der Waals surface area contributed by atoms with E-state index >= 15 is 0 Å². The summed E-state index contributed by atoms with van der Waals surface area (Å²) in [5, 5.41) is 2.96. The highest BCUT2D eigenvalue weighted by Gasteiger charge is 2.35. The van der Waals surface area contributed by atoms with Crippen LogP contribution in [0, 0.1) is 6.92 Å². The molecule has 0 bridgehead atoms. The first kappa shape index (κ1) is 34.1. The molecule has 4 rings (SSSR count). The standard InChI is InChI=1S/C36H41N3O6S/c1-26(2)37-36(41)32(22-28-12-8-6-9-13-28)38(24-29-14-10-7-11-15-29)35(40)25-39(30-18-21-33(44-4)34(23-30)45-5)46(42,43)31-19-16-27(3)17-20-31/h6-21,23,26,32H,22,24-25H2,1-5H3,(H,37,41)/t32-/m1/s1. The van der Waals surface area contributed by atoms with Crippen LogP contribution in [0.3, 0.4) is 0 Å². The largest absolute Gasteiger partial charge is 0.493 e. The molecule has 10 heteroatoms. The van der Waals surface area contributed by atoms with E-state index in [0.717, 1.165) is 21.0 Å². The lowest BCUT2D eigenvalue weighted by Crippen LogP contribution is -2.54. The lowest BCUT2D eigenvalue weighted by Gasteiger charge is -2.34. The Hall–Kier alpha value is -4.83. The van der Waals surface area contributed by atoms with Gasteiger partial charge in [-0.2, -0.15) is 0 Å². The first-order valence-corrected chi connectivity index (χ1v) is 16.5. The molecule has 242 valence electrons. The minimum absolute atomic E-state index is 0.0219. The first-order valence-electron chi connectivity index (χ1n) is 15.0. The third-order valence-corrected chi connectivity index (χ3v) is 9.23. The topological polar surface area (TPSA) is 105 Å². The van der Waals surface area contributed by atoms with Gasteiger partial charge in [0.1, 0.15) is 12.6 Å². The van der Waals surface area contributed by atoms with Gasteiger partial charge in [-0.15, -0.1) is 0 Å². The van der Waals surface area contributed by atoms with Crippen LogP contribution in [-0.2, 0) is 32.6 Å². The highest BCUT2D eigenvalue weighted by molar-refractivity contribution is 7.92. The maximum Gasteiger partial charge on any atom is 0.264 e. The van der Waals surface area contributed by atoms with Crippen molar-refractivity contribution in [2.45, 2.75) is 50.7 Å². The Morgan fingerprint density at radius 2 is 1.37 bits per heavy atom. The number of ether oxygens (including phenoxy) is 2. The molecule has 9 nitrogen and oxygen atoms in total. The number of nitrogens with zero attached hydrogens (tertiary/aromatic N) is 2. The van der Waals surface area contributed by atoms with E-state index < -0.39 is 28.5 Å². The van der Waals surface area contributed by atoms with Crippen LogP contribution in [0.15, 0.2) is 108 Å². The Morgan fingerprint density at radius 1 is 0.783 bits per heavy atom. The summed E-state index contributed by atoms with van der Waals surface area (Å²) >= 11 is 0. The number of hydrogen-bond donors (Lipinski definition) is 1. The second-order valence-corrected chi connectivity index (χ2v) is 13.1. The summed E-state index contributed by atoms with van der Waals surface area (Å²) in [5.74, 6) is -0.170. The van der Waals surface area contributed by atoms with E-state index in [4.69, 9.17) is 9.47 Å². The van der Waals surface area contributed by atoms with Gasteiger partial charge in [-0.3, -0.25) is 13.9 Å². The maximum atomic E-state index is 14.5. The van der Waals surface area contributed by atoms with Crippen LogP contribution < -0.4 is 19.1 Å². The van der Waals surface area contributed by atoms with Gasteiger partial charge in [0.2, 0.25) is 11.8 Å². The number of rotatable bonds is 14. The third kappa shape index (κ3) is 8.45. The molecular weight excluding hydrogens is 602 g/mol. The summed E-state index contributed by atoms with van der Waals surface area (Å²) < 4.78 is 40.4. The van der Waals surface area contributed by atoms with Crippen molar-refractivity contribution in [3.05, 3.63) is 120 Å². The molecule has 2 amide bonds. The maximum absolute atomic E-state index is 14.5. The van der Waals surface area contributed by atoms with Gasteiger partial charge < -0.3 is 19.7 Å². The van der Waals surface area contributed by atoms with Crippen LogP contribution in [0.4, 0.5) is 5.69 Å². The zero-order valence-corrected chi connectivity index (χ0v) is 27.7. The van der Waals surface area contributed by atoms with Crippen molar-refractivity contribution in [2.75, 3.05) is 25.1 Å². The minimum Gasteiger partial charge on any atom is -0.493 e. The number of carbonyl (C=O) groups excluding carboxylic acids is 2. The van der Waals surface area contributed by atoms with Crippen molar-refractivity contribution in [2.24, 2.45) is 0 Å². The molecule has 0 spiro atoms. The van der Waals surface area contributed by atoms with Crippen LogP contribution in [-0.4, -0.2) is 58.0 Å². The Bertz CT molecular complexity index is 1710. The van der Waals surface area contributed by atoms with Crippen molar-refractivity contribution in [3.63, 3.8) is 0 Å². The predicted molar refractivity (Wildman–Crippen MR) is 179 cm³/mol. The molecule has 0 saturated heterocycles. The van der Waals surface area contributed by atoms with E-state index in [0.29, 0.717) is 11.5 Å². The number of anilines is 1. The molecule has 1 atom stereocenters. The molecule has 4 aromatic carbocycles. The third-order valence-electron chi connectivity index (χ3n) is 7.44. The van der Waals surface area contributed by atoms with E-state index in [2.05, 4.69) is 5.32 Å². The van der Waals surface area contributed by atoms with Crippen LogP contribution in [0.5, 0.6) is 11.5 Å². The van der Waals surface area contributed by atoms with Gasteiger partial charge in [-0.1, -0.05) is 78.4 Å². The number of nitrogens with one attached hydrogen (secondary N) is 1. The first-order chi connectivity index (χ1) is 22.0. The summed E-state index contributed by atoms with van der Waals surface area (Å²) in [5.41, 5.74) is 2.76. The number of amides is 2. The number of sulfonamides is 1. The molecule has 1 N–H and O–H groups in total. The minimum atomic E-state index is -4.25. The van der Waals surface area contributed by atoms with Gasteiger partial charge in [0.25, 0.3) is 10.0 Å². The fraction of sp³-hybridized carbons (Fsp3) is 0.278. The number of aryl methyl sites for hydroxylation is 1. The second-order valence-electron chi connectivity index (χ2n) is 11.2. The van der Waals surface area contributed by atoms with Crippen molar-refractivity contribution < 1.29 is 27.5 Å². The van der Waals surface area contributed by atoms with E-state index in [1.807, 2.05) is 81.4 Å². The number of methoxy groups -OCH3 is 2. The molecule has 46 heavy (non-hydrogen) atoms. The van der Waals surface area contributed by atoms with Gasteiger partial charge in [0.15, 0.2) is 11.5 Å². The summed E-state index contributed by atoms with van der Waals surface area (Å²) in [6.45, 7) is 5.09. The van der Waals surface area contributed by atoms with Gasteiger partial charge >= 0.3 is 0 Å². The van der Waals surface area contributed by atoms with Crippen molar-refractivity contribution in [3.8, 4) is 11.5 Å². The van der Waals surface area contributed by atoms with E-state index in [9.17, 15) is 18.0 Å². The molecular formula is C36H41N3O6S. The molecule has 0 heterocycles. The highest BCUT2D eigenvalue weighted by atomic mass is 32.2. The summed E-state index contributed by atoms with van der Waals surface area (Å²) in [6, 6.07) is 28.8. The molecule has 0 saturated carbocycles. The number of hydrogen-bond acceptors (Lipinski definition) is 6. The van der Waals surface area contributed by atoms with E-state index in [-0.39, 0.29) is 35.5 Å². The quantitative estimate of drug-likeness (QED) is 0.198. The van der Waals surface area contributed by atoms with Crippen molar-refractivity contribution in [1.29, 1.82) is 0 Å². The van der Waals surface area contributed by atoms with Crippen LogP contribution >= 0.6 is 0 Å². The van der Waals surface area contributed by atoms with Crippen LogP contribution in [0.1, 0.15) is 30.5 Å². The fourth-order valence-corrected chi connectivity index (χ4v) is 6.47. The molecule has 0 unspecified atom stereocenters. The second kappa shape index (κ2) is 15.4. The van der Waals surface area contributed by atoms with Crippen molar-refractivity contribution in [1.82, 2.24) is 10.2 Å². The highest BCUT2D eigenvalue weighted by Crippen LogP contribution is 2.34. The Morgan fingerprint density at radius 3 is 1.93 bits per heavy atom. The fourth-order valence-electron chi connectivity index (χ4n) is 5.06. The Kier molecular flexibility index (Phi) is 11.4. The smallest absolute Gasteiger partial charge is 0.264 e. The monoisotopic (exact) mass is 643 g/mol. The molecule has 0 aliphatic rings. The van der Waals surface area contributed by atoms with Crippen molar-refractivity contribution >= 4 is 27.5 Å². The van der Waals surface area contributed by atoms with E-state index in [1.54, 1.807) is 24.3 Å². The molecule has 0 radical (unpaired) electrons. The van der Waals surface area contributed by atoms with Gasteiger partial charge in [0.05, 0.1) is 24.8 Å². The normalized spacial score (nSPS) is 11.9. The predicted octanol–water partition coefficient (Wildman–Crippen LogP) is 5.37. The Labute approximate surface area is 271 Å².